The SMILES string of the molecule is CCCCC1CC(Oc2ccc(N)cc2)CCN1. The minimum Gasteiger partial charge on any atom is -0.490 e. The van der Waals surface area contributed by atoms with E-state index in [9.17, 15) is 0 Å². The highest BCUT2D eigenvalue weighted by Crippen LogP contribution is 2.21. The van der Waals surface area contributed by atoms with Crippen LogP contribution in [0.2, 0.25) is 0 Å². The molecule has 0 aliphatic carbocycles. The molecule has 0 amide bonds. The third-order valence-electron chi connectivity index (χ3n) is 3.54. The van der Waals surface area contributed by atoms with Crippen molar-refractivity contribution in [3.8, 4) is 5.75 Å². The van der Waals surface area contributed by atoms with Crippen LogP contribution in [0.4, 0.5) is 5.69 Å². The van der Waals surface area contributed by atoms with Crippen LogP contribution in [0, 0.1) is 0 Å². The lowest BCUT2D eigenvalue weighted by molar-refractivity contribution is 0.136. The Labute approximate surface area is 110 Å². The molecular weight excluding hydrogens is 224 g/mol. The fourth-order valence-corrected chi connectivity index (χ4v) is 2.48. The molecule has 1 fully saturated rings. The van der Waals surface area contributed by atoms with Gasteiger partial charge in [0.1, 0.15) is 11.9 Å². The largest absolute Gasteiger partial charge is 0.490 e. The summed E-state index contributed by atoms with van der Waals surface area (Å²) in [5.41, 5.74) is 6.46. The summed E-state index contributed by atoms with van der Waals surface area (Å²) in [6.45, 7) is 3.30. The Morgan fingerprint density at radius 3 is 2.83 bits per heavy atom. The number of nitrogens with one attached hydrogen (secondary N) is 1. The second-order valence-electron chi connectivity index (χ2n) is 5.13. The van der Waals surface area contributed by atoms with Gasteiger partial charge in [0.25, 0.3) is 0 Å². The Morgan fingerprint density at radius 1 is 1.33 bits per heavy atom. The van der Waals surface area contributed by atoms with E-state index in [1.807, 2.05) is 24.3 Å². The highest BCUT2D eigenvalue weighted by Gasteiger charge is 2.22. The lowest BCUT2D eigenvalue weighted by atomic mass is 9.97. The molecule has 3 heteroatoms. The molecule has 1 aliphatic heterocycles. The van der Waals surface area contributed by atoms with Gasteiger partial charge < -0.3 is 15.8 Å². The maximum atomic E-state index is 6.02. The van der Waals surface area contributed by atoms with Crippen LogP contribution in [0.25, 0.3) is 0 Å². The third-order valence-corrected chi connectivity index (χ3v) is 3.54. The van der Waals surface area contributed by atoms with E-state index in [0.29, 0.717) is 12.1 Å². The van der Waals surface area contributed by atoms with Crippen molar-refractivity contribution in [1.82, 2.24) is 5.32 Å². The summed E-state index contributed by atoms with van der Waals surface area (Å²) in [5, 5.41) is 3.58. The Balaban J connectivity index is 1.83. The molecule has 0 bridgehead atoms. The molecule has 100 valence electrons. The maximum absolute atomic E-state index is 6.02. The highest BCUT2D eigenvalue weighted by atomic mass is 16.5. The molecule has 2 rings (SSSR count). The standard InChI is InChI=1S/C15H24N2O/c1-2-3-4-13-11-15(9-10-17-13)18-14-7-5-12(16)6-8-14/h5-8,13,15,17H,2-4,9-11,16H2,1H3. The van der Waals surface area contributed by atoms with Crippen molar-refractivity contribution in [2.45, 2.75) is 51.2 Å². The summed E-state index contributed by atoms with van der Waals surface area (Å²) in [7, 11) is 0. The summed E-state index contributed by atoms with van der Waals surface area (Å²) >= 11 is 0. The monoisotopic (exact) mass is 248 g/mol. The molecule has 3 N–H and O–H groups in total. The van der Waals surface area contributed by atoms with E-state index in [2.05, 4.69) is 12.2 Å². The van der Waals surface area contributed by atoms with Gasteiger partial charge in [-0.25, -0.2) is 0 Å². The van der Waals surface area contributed by atoms with Gasteiger partial charge in [0.15, 0.2) is 0 Å². The molecule has 1 aromatic carbocycles. The van der Waals surface area contributed by atoms with Gasteiger partial charge in [-0.2, -0.15) is 0 Å². The van der Waals surface area contributed by atoms with Crippen LogP contribution in [0.5, 0.6) is 5.75 Å². The number of unbranched alkanes of at least 4 members (excludes halogenated alkanes) is 1. The molecule has 0 spiro atoms. The van der Waals surface area contributed by atoms with Crippen LogP contribution in [0.1, 0.15) is 39.0 Å². The zero-order valence-electron chi connectivity index (χ0n) is 11.2. The lowest BCUT2D eigenvalue weighted by Gasteiger charge is -2.30. The second-order valence-corrected chi connectivity index (χ2v) is 5.13. The van der Waals surface area contributed by atoms with Crippen LogP contribution in [0.15, 0.2) is 24.3 Å². The van der Waals surface area contributed by atoms with E-state index in [-0.39, 0.29) is 0 Å². The molecule has 2 atom stereocenters. The normalized spacial score (nSPS) is 23.8. The van der Waals surface area contributed by atoms with E-state index < -0.39 is 0 Å². The number of piperidine rings is 1. The second kappa shape index (κ2) is 6.64. The molecule has 1 aliphatic rings. The number of hydrogen-bond donors (Lipinski definition) is 2. The molecule has 3 nitrogen and oxygen atoms in total. The highest BCUT2D eigenvalue weighted by molar-refractivity contribution is 5.41. The van der Waals surface area contributed by atoms with Gasteiger partial charge in [0.05, 0.1) is 0 Å². The predicted molar refractivity (Wildman–Crippen MR) is 75.8 cm³/mol. The number of rotatable bonds is 5. The van der Waals surface area contributed by atoms with Gasteiger partial charge in [-0.1, -0.05) is 19.8 Å². The maximum Gasteiger partial charge on any atom is 0.119 e. The van der Waals surface area contributed by atoms with Crippen LogP contribution in [0.3, 0.4) is 0 Å². The first-order valence-electron chi connectivity index (χ1n) is 7.03. The van der Waals surface area contributed by atoms with Gasteiger partial charge in [-0.05, 0) is 50.1 Å². The summed E-state index contributed by atoms with van der Waals surface area (Å²) in [6.07, 6.45) is 6.38. The van der Waals surface area contributed by atoms with Crippen LogP contribution in [-0.4, -0.2) is 18.7 Å². The van der Waals surface area contributed by atoms with Crippen LogP contribution in [-0.2, 0) is 0 Å². The van der Waals surface area contributed by atoms with Crippen molar-refractivity contribution >= 4 is 5.69 Å². The first-order chi connectivity index (χ1) is 8.78. The van der Waals surface area contributed by atoms with Gasteiger partial charge in [-0.3, -0.25) is 0 Å². The van der Waals surface area contributed by atoms with Crippen molar-refractivity contribution in [3.63, 3.8) is 0 Å². The van der Waals surface area contributed by atoms with Crippen LogP contribution < -0.4 is 15.8 Å². The molecule has 1 saturated heterocycles. The average Bonchev–Trinajstić information content (AvgIpc) is 2.40. The van der Waals surface area contributed by atoms with E-state index in [1.54, 1.807) is 0 Å². The minimum atomic E-state index is 0.344. The van der Waals surface area contributed by atoms with Gasteiger partial charge in [0, 0.05) is 11.7 Å². The number of hydrogen-bond acceptors (Lipinski definition) is 3. The predicted octanol–water partition coefficient (Wildman–Crippen LogP) is 2.96. The molecule has 0 radical (unpaired) electrons. The molecule has 18 heavy (non-hydrogen) atoms. The number of anilines is 1. The summed E-state index contributed by atoms with van der Waals surface area (Å²) in [6, 6.07) is 8.32. The van der Waals surface area contributed by atoms with Crippen LogP contribution >= 0.6 is 0 Å². The van der Waals surface area contributed by atoms with Gasteiger partial charge >= 0.3 is 0 Å². The quantitative estimate of drug-likeness (QED) is 0.788. The van der Waals surface area contributed by atoms with Crippen molar-refractivity contribution in [2.24, 2.45) is 0 Å². The third kappa shape index (κ3) is 3.91. The van der Waals surface area contributed by atoms with E-state index in [4.69, 9.17) is 10.5 Å². The van der Waals surface area contributed by atoms with Crippen molar-refractivity contribution < 1.29 is 4.74 Å². The molecule has 1 aromatic rings. The Hall–Kier alpha value is -1.22. The minimum absolute atomic E-state index is 0.344. The lowest BCUT2D eigenvalue weighted by Crippen LogP contribution is -2.42. The first kappa shape index (κ1) is 13.2. The summed E-state index contributed by atoms with van der Waals surface area (Å²) in [4.78, 5) is 0. The van der Waals surface area contributed by atoms with Crippen molar-refractivity contribution in [2.75, 3.05) is 12.3 Å². The smallest absolute Gasteiger partial charge is 0.119 e. The van der Waals surface area contributed by atoms with Crippen molar-refractivity contribution in [3.05, 3.63) is 24.3 Å². The topological polar surface area (TPSA) is 47.3 Å². The molecule has 1 heterocycles. The summed E-state index contributed by atoms with van der Waals surface area (Å²) in [5.74, 6) is 0.936. The Morgan fingerprint density at radius 2 is 2.11 bits per heavy atom. The van der Waals surface area contributed by atoms with Crippen molar-refractivity contribution in [1.29, 1.82) is 0 Å². The van der Waals surface area contributed by atoms with E-state index in [0.717, 1.165) is 30.8 Å². The number of benzene rings is 1. The number of nitrogen functional groups attached to an aromatic ring is 1. The Kier molecular flexibility index (Phi) is 4.88. The molecule has 0 aromatic heterocycles. The number of ether oxygens (including phenoxy) is 1. The molecular formula is C15H24N2O. The van der Waals surface area contributed by atoms with Gasteiger partial charge in [0.2, 0.25) is 0 Å². The number of nitrogens with two attached hydrogens (primary N) is 1. The zero-order chi connectivity index (χ0) is 12.8. The zero-order valence-corrected chi connectivity index (χ0v) is 11.2. The molecule has 0 saturated carbocycles. The fraction of sp³-hybridized carbons (Fsp3) is 0.600. The summed E-state index contributed by atoms with van der Waals surface area (Å²) < 4.78 is 6.02. The fourth-order valence-electron chi connectivity index (χ4n) is 2.48. The Bertz CT molecular complexity index is 350. The van der Waals surface area contributed by atoms with E-state index in [1.165, 1.54) is 19.3 Å². The van der Waals surface area contributed by atoms with E-state index >= 15 is 0 Å². The average molecular weight is 248 g/mol. The molecule has 2 unspecified atom stereocenters. The first-order valence-corrected chi connectivity index (χ1v) is 7.03. The van der Waals surface area contributed by atoms with Gasteiger partial charge in [-0.15, -0.1) is 0 Å².